The number of ether oxygens (including phenoxy) is 1. The minimum absolute atomic E-state index is 0.0896. The van der Waals surface area contributed by atoms with Crippen LogP contribution in [0.5, 0.6) is 0 Å². The summed E-state index contributed by atoms with van der Waals surface area (Å²) in [5, 5.41) is 3.01. The van der Waals surface area contributed by atoms with Crippen molar-refractivity contribution in [3.63, 3.8) is 0 Å². The maximum absolute atomic E-state index is 12.7. The molecule has 2 unspecified atom stereocenters. The lowest BCUT2D eigenvalue weighted by Crippen LogP contribution is -2.48. The summed E-state index contributed by atoms with van der Waals surface area (Å²) in [7, 11) is 2.18. The van der Waals surface area contributed by atoms with Crippen molar-refractivity contribution in [3.05, 3.63) is 40.9 Å². The van der Waals surface area contributed by atoms with Gasteiger partial charge in [0.05, 0.1) is 24.3 Å². The monoisotopic (exact) mass is 428 g/mol. The van der Waals surface area contributed by atoms with E-state index in [1.807, 2.05) is 24.1 Å². The Morgan fingerprint density at radius 2 is 1.90 bits per heavy atom. The Balaban J connectivity index is 1.38. The SMILES string of the molecule is CC1CN(C(=O)Cc2csc(-c3cccc(CN4CCN(C)CC4)c3)n2)CC(C)O1. The van der Waals surface area contributed by atoms with Crippen molar-refractivity contribution in [2.24, 2.45) is 0 Å². The minimum Gasteiger partial charge on any atom is -0.372 e. The Kier molecular flexibility index (Phi) is 6.83. The first-order valence-corrected chi connectivity index (χ1v) is 11.7. The molecule has 0 saturated carbocycles. The van der Waals surface area contributed by atoms with Crippen LogP contribution in [0.2, 0.25) is 0 Å². The third-order valence-electron chi connectivity index (χ3n) is 5.83. The second-order valence-corrected chi connectivity index (χ2v) is 9.51. The summed E-state index contributed by atoms with van der Waals surface area (Å²) in [4.78, 5) is 24.3. The molecule has 2 atom stereocenters. The molecule has 1 amide bonds. The number of amides is 1. The van der Waals surface area contributed by atoms with Crippen molar-refractivity contribution in [2.75, 3.05) is 46.3 Å². The van der Waals surface area contributed by atoms with Crippen LogP contribution in [0.25, 0.3) is 10.6 Å². The summed E-state index contributed by atoms with van der Waals surface area (Å²) in [6.45, 7) is 10.8. The average molecular weight is 429 g/mol. The van der Waals surface area contributed by atoms with Gasteiger partial charge in [-0.1, -0.05) is 18.2 Å². The predicted molar refractivity (Wildman–Crippen MR) is 121 cm³/mol. The first-order chi connectivity index (χ1) is 14.5. The molecule has 2 aliphatic rings. The molecule has 2 fully saturated rings. The number of benzene rings is 1. The molecule has 0 spiro atoms. The number of hydrogen-bond donors (Lipinski definition) is 0. The fourth-order valence-electron chi connectivity index (χ4n) is 4.24. The van der Waals surface area contributed by atoms with Gasteiger partial charge in [0.15, 0.2) is 0 Å². The van der Waals surface area contributed by atoms with Crippen molar-refractivity contribution < 1.29 is 9.53 Å². The smallest absolute Gasteiger partial charge is 0.228 e. The van der Waals surface area contributed by atoms with E-state index in [4.69, 9.17) is 9.72 Å². The molecule has 0 N–H and O–H groups in total. The quantitative estimate of drug-likeness (QED) is 0.733. The van der Waals surface area contributed by atoms with Crippen molar-refractivity contribution in [3.8, 4) is 10.6 Å². The van der Waals surface area contributed by atoms with Gasteiger partial charge in [0, 0.05) is 56.8 Å². The van der Waals surface area contributed by atoms with Crippen LogP contribution < -0.4 is 0 Å². The topological polar surface area (TPSA) is 48.9 Å². The zero-order chi connectivity index (χ0) is 21.1. The molecular formula is C23H32N4O2S. The van der Waals surface area contributed by atoms with Crippen LogP contribution >= 0.6 is 11.3 Å². The van der Waals surface area contributed by atoms with Crippen molar-refractivity contribution in [1.82, 2.24) is 19.7 Å². The molecule has 1 aromatic carbocycles. The fourth-order valence-corrected chi connectivity index (χ4v) is 5.05. The number of aromatic nitrogens is 1. The van der Waals surface area contributed by atoms with Gasteiger partial charge >= 0.3 is 0 Å². The number of carbonyl (C=O) groups is 1. The van der Waals surface area contributed by atoms with E-state index in [1.54, 1.807) is 11.3 Å². The molecule has 4 rings (SSSR count). The van der Waals surface area contributed by atoms with E-state index in [0.29, 0.717) is 19.5 Å². The highest BCUT2D eigenvalue weighted by atomic mass is 32.1. The molecule has 30 heavy (non-hydrogen) atoms. The van der Waals surface area contributed by atoms with Gasteiger partial charge in [0.2, 0.25) is 5.91 Å². The Morgan fingerprint density at radius 1 is 1.17 bits per heavy atom. The van der Waals surface area contributed by atoms with Gasteiger partial charge in [0.1, 0.15) is 5.01 Å². The highest BCUT2D eigenvalue weighted by molar-refractivity contribution is 7.13. The standard InChI is InChI=1S/C23H32N4O2S/c1-17-13-27(14-18(2)29-17)22(28)12-21-16-30-23(24-21)20-6-4-5-19(11-20)15-26-9-7-25(3)8-10-26/h4-6,11,16-18H,7-10,12-15H2,1-3H3. The van der Waals surface area contributed by atoms with E-state index < -0.39 is 0 Å². The molecule has 6 nitrogen and oxygen atoms in total. The highest BCUT2D eigenvalue weighted by Gasteiger charge is 2.26. The van der Waals surface area contributed by atoms with Crippen molar-refractivity contribution in [2.45, 2.75) is 39.0 Å². The van der Waals surface area contributed by atoms with Gasteiger partial charge in [-0.3, -0.25) is 9.69 Å². The zero-order valence-corrected chi connectivity index (χ0v) is 19.0. The molecule has 0 radical (unpaired) electrons. The third-order valence-corrected chi connectivity index (χ3v) is 6.77. The molecule has 2 aromatic rings. The van der Waals surface area contributed by atoms with Crippen LogP contribution in [-0.2, 0) is 22.5 Å². The van der Waals surface area contributed by atoms with Crippen molar-refractivity contribution in [1.29, 1.82) is 0 Å². The highest BCUT2D eigenvalue weighted by Crippen LogP contribution is 2.26. The number of rotatable bonds is 5. The van der Waals surface area contributed by atoms with Gasteiger partial charge in [0.25, 0.3) is 0 Å². The molecular weight excluding hydrogens is 396 g/mol. The molecule has 3 heterocycles. The Hall–Kier alpha value is -1.80. The van der Waals surface area contributed by atoms with E-state index in [1.165, 1.54) is 5.56 Å². The van der Waals surface area contributed by atoms with Gasteiger partial charge in [-0.25, -0.2) is 4.98 Å². The summed E-state index contributed by atoms with van der Waals surface area (Å²) in [6, 6.07) is 8.67. The van der Waals surface area contributed by atoms with Crippen LogP contribution in [0.15, 0.2) is 29.6 Å². The summed E-state index contributed by atoms with van der Waals surface area (Å²) in [5.41, 5.74) is 3.32. The van der Waals surface area contributed by atoms with E-state index in [0.717, 1.165) is 49.0 Å². The lowest BCUT2D eigenvalue weighted by molar-refractivity contribution is -0.142. The normalized spacial score (nSPS) is 23.6. The number of carbonyl (C=O) groups excluding carboxylic acids is 1. The van der Waals surface area contributed by atoms with Crippen LogP contribution in [0.3, 0.4) is 0 Å². The largest absolute Gasteiger partial charge is 0.372 e. The summed E-state index contributed by atoms with van der Waals surface area (Å²) >= 11 is 1.62. The molecule has 162 valence electrons. The molecule has 2 aliphatic heterocycles. The molecule has 2 saturated heterocycles. The second-order valence-electron chi connectivity index (χ2n) is 8.66. The number of nitrogens with zero attached hydrogens (tertiary/aromatic N) is 4. The van der Waals surface area contributed by atoms with Crippen LogP contribution in [0.1, 0.15) is 25.1 Å². The first kappa shape index (κ1) is 21.4. The fraction of sp³-hybridized carbons (Fsp3) is 0.565. The number of likely N-dealkylation sites (N-methyl/N-ethyl adjacent to an activating group) is 1. The van der Waals surface area contributed by atoms with Crippen LogP contribution in [-0.4, -0.2) is 84.1 Å². The maximum Gasteiger partial charge on any atom is 0.228 e. The van der Waals surface area contributed by atoms with Gasteiger partial charge in [-0.2, -0.15) is 0 Å². The van der Waals surface area contributed by atoms with E-state index in [9.17, 15) is 4.79 Å². The molecule has 1 aromatic heterocycles. The second kappa shape index (κ2) is 9.56. The number of thiazole rings is 1. The summed E-state index contributed by atoms with van der Waals surface area (Å²) in [5.74, 6) is 0.137. The molecule has 7 heteroatoms. The lowest BCUT2D eigenvalue weighted by atomic mass is 10.1. The maximum atomic E-state index is 12.7. The van der Waals surface area contributed by atoms with E-state index in [2.05, 4.69) is 41.1 Å². The van der Waals surface area contributed by atoms with Gasteiger partial charge in [-0.15, -0.1) is 11.3 Å². The number of morpholine rings is 1. The average Bonchev–Trinajstić information content (AvgIpc) is 3.18. The zero-order valence-electron chi connectivity index (χ0n) is 18.2. The van der Waals surface area contributed by atoms with Crippen LogP contribution in [0, 0.1) is 0 Å². The van der Waals surface area contributed by atoms with Crippen LogP contribution in [0.4, 0.5) is 0 Å². The Morgan fingerprint density at radius 3 is 2.63 bits per heavy atom. The Bertz CT molecular complexity index is 852. The van der Waals surface area contributed by atoms with E-state index >= 15 is 0 Å². The first-order valence-electron chi connectivity index (χ1n) is 10.8. The Labute approximate surface area is 183 Å². The number of piperazine rings is 1. The molecule has 0 bridgehead atoms. The van der Waals surface area contributed by atoms with Crippen molar-refractivity contribution >= 4 is 17.2 Å². The number of hydrogen-bond acceptors (Lipinski definition) is 6. The minimum atomic E-state index is 0.0896. The lowest BCUT2D eigenvalue weighted by Gasteiger charge is -2.35. The predicted octanol–water partition coefficient (Wildman–Crippen LogP) is 2.74. The third kappa shape index (κ3) is 5.46. The van der Waals surface area contributed by atoms with Gasteiger partial charge < -0.3 is 14.5 Å². The summed E-state index contributed by atoms with van der Waals surface area (Å²) in [6.07, 6.45) is 0.537. The van der Waals surface area contributed by atoms with E-state index in [-0.39, 0.29) is 18.1 Å². The molecule has 0 aliphatic carbocycles. The van der Waals surface area contributed by atoms with Gasteiger partial charge in [-0.05, 0) is 32.5 Å². The summed E-state index contributed by atoms with van der Waals surface area (Å²) < 4.78 is 5.74.